The Morgan fingerprint density at radius 3 is 2.89 bits per heavy atom. The molecule has 1 saturated heterocycles. The van der Waals surface area contributed by atoms with Gasteiger partial charge < -0.3 is 14.8 Å². The third-order valence-corrected chi connectivity index (χ3v) is 7.39. The molecule has 0 radical (unpaired) electrons. The Kier molecular flexibility index (Phi) is 7.57. The second-order valence-corrected chi connectivity index (χ2v) is 10.1. The molecule has 194 valence electrons. The van der Waals surface area contributed by atoms with E-state index >= 15 is 0 Å². The van der Waals surface area contributed by atoms with Crippen LogP contribution in [0.1, 0.15) is 29.7 Å². The molecule has 10 heteroatoms. The standard InChI is InChI=1S/C27H26F3N3O3S/c28-27(29,30)24-14-19(10-11-31-24)17-35-21-7-3-5-18(13-21)16-32-26(34)22-8-4-12-33(22)37-25-15-20-6-1-2-9-23(20)36-25/h1-3,5-7,9-11,13-15,20,22-23H,4,8,12,16-17H2,(H,32,34). The number of ether oxygens (including phenoxy) is 2. The molecule has 0 bridgehead atoms. The van der Waals surface area contributed by atoms with E-state index in [0.717, 1.165) is 42.3 Å². The van der Waals surface area contributed by atoms with Crippen LogP contribution in [0.25, 0.3) is 0 Å². The summed E-state index contributed by atoms with van der Waals surface area (Å²) in [5.74, 6) is 0.691. The molecule has 1 aromatic heterocycles. The number of aromatic nitrogens is 1. The van der Waals surface area contributed by atoms with Crippen molar-refractivity contribution in [3.05, 3.63) is 94.9 Å². The lowest BCUT2D eigenvalue weighted by Crippen LogP contribution is -2.40. The predicted molar refractivity (Wildman–Crippen MR) is 134 cm³/mol. The first-order valence-corrected chi connectivity index (χ1v) is 12.8. The van der Waals surface area contributed by atoms with Gasteiger partial charge in [0, 0.05) is 25.2 Å². The lowest BCUT2D eigenvalue weighted by Gasteiger charge is -2.23. The number of carbonyl (C=O) groups excluding carboxylic acids is 1. The molecular formula is C27H26F3N3O3S. The maximum atomic E-state index is 13.0. The Hall–Kier alpha value is -3.24. The molecule has 1 N–H and O–H groups in total. The number of allylic oxidation sites excluding steroid dienone is 2. The highest BCUT2D eigenvalue weighted by Crippen LogP contribution is 2.38. The minimum absolute atomic E-state index is 0.0269. The van der Waals surface area contributed by atoms with Gasteiger partial charge in [-0.05, 0) is 72.3 Å². The molecule has 5 rings (SSSR count). The summed E-state index contributed by atoms with van der Waals surface area (Å²) in [7, 11) is 0. The van der Waals surface area contributed by atoms with E-state index in [9.17, 15) is 18.0 Å². The minimum atomic E-state index is -4.50. The number of amides is 1. The summed E-state index contributed by atoms with van der Waals surface area (Å²) in [6.07, 6.45) is 8.60. The van der Waals surface area contributed by atoms with E-state index in [4.69, 9.17) is 9.47 Å². The number of hydrogen-bond acceptors (Lipinski definition) is 6. The molecule has 0 saturated carbocycles. The van der Waals surface area contributed by atoms with E-state index in [1.165, 1.54) is 18.0 Å². The van der Waals surface area contributed by atoms with Crippen LogP contribution in [0.15, 0.2) is 78.1 Å². The zero-order valence-electron chi connectivity index (χ0n) is 19.9. The topological polar surface area (TPSA) is 63.7 Å². The summed E-state index contributed by atoms with van der Waals surface area (Å²) in [6, 6.07) is 9.35. The number of nitrogens with zero attached hydrogens (tertiary/aromatic N) is 2. The van der Waals surface area contributed by atoms with Gasteiger partial charge in [0.1, 0.15) is 24.2 Å². The van der Waals surface area contributed by atoms with Gasteiger partial charge in [0.25, 0.3) is 0 Å². The normalized spacial score (nSPS) is 22.9. The van der Waals surface area contributed by atoms with E-state index in [-0.39, 0.29) is 30.6 Å². The molecule has 6 nitrogen and oxygen atoms in total. The number of alkyl halides is 3. The van der Waals surface area contributed by atoms with Crippen molar-refractivity contribution in [2.24, 2.45) is 5.92 Å². The summed E-state index contributed by atoms with van der Waals surface area (Å²) >= 11 is 1.50. The average molecular weight is 530 g/mol. The van der Waals surface area contributed by atoms with Crippen molar-refractivity contribution in [3.63, 3.8) is 0 Å². The van der Waals surface area contributed by atoms with Gasteiger partial charge in [-0.3, -0.25) is 9.78 Å². The van der Waals surface area contributed by atoms with Crippen LogP contribution in [0.4, 0.5) is 13.2 Å². The van der Waals surface area contributed by atoms with Crippen LogP contribution in [-0.4, -0.2) is 33.9 Å². The Bertz CT molecular complexity index is 1230. The van der Waals surface area contributed by atoms with E-state index in [2.05, 4.69) is 26.8 Å². The Labute approximate surface area is 217 Å². The number of pyridine rings is 1. The molecule has 3 unspecified atom stereocenters. The van der Waals surface area contributed by atoms with Crippen LogP contribution in [0.5, 0.6) is 5.75 Å². The van der Waals surface area contributed by atoms with Gasteiger partial charge in [0.2, 0.25) is 5.91 Å². The highest BCUT2D eigenvalue weighted by molar-refractivity contribution is 8.00. The van der Waals surface area contributed by atoms with E-state index in [0.29, 0.717) is 17.9 Å². The zero-order valence-corrected chi connectivity index (χ0v) is 20.7. The van der Waals surface area contributed by atoms with Gasteiger partial charge in [0.15, 0.2) is 5.09 Å². The van der Waals surface area contributed by atoms with Crippen LogP contribution in [-0.2, 0) is 28.9 Å². The van der Waals surface area contributed by atoms with Crippen LogP contribution >= 0.6 is 11.9 Å². The van der Waals surface area contributed by atoms with Crippen LogP contribution in [0.3, 0.4) is 0 Å². The van der Waals surface area contributed by atoms with Crippen molar-refractivity contribution >= 4 is 17.9 Å². The highest BCUT2D eigenvalue weighted by atomic mass is 32.2. The van der Waals surface area contributed by atoms with Gasteiger partial charge >= 0.3 is 6.18 Å². The van der Waals surface area contributed by atoms with Crippen molar-refractivity contribution in [1.82, 2.24) is 14.6 Å². The van der Waals surface area contributed by atoms with Crippen molar-refractivity contribution in [2.75, 3.05) is 6.54 Å². The van der Waals surface area contributed by atoms with Crippen molar-refractivity contribution < 1.29 is 27.4 Å². The maximum Gasteiger partial charge on any atom is 0.433 e. The average Bonchev–Trinajstić information content (AvgIpc) is 3.52. The first-order valence-electron chi connectivity index (χ1n) is 12.0. The summed E-state index contributed by atoms with van der Waals surface area (Å²) < 4.78 is 52.4. The Balaban J connectivity index is 1.13. The number of halogens is 3. The summed E-state index contributed by atoms with van der Waals surface area (Å²) in [5, 5.41) is 3.83. The Morgan fingerprint density at radius 2 is 2.05 bits per heavy atom. The molecule has 0 spiro atoms. The molecule has 1 amide bonds. The van der Waals surface area contributed by atoms with Gasteiger partial charge in [-0.25, -0.2) is 4.31 Å². The number of nitrogens with one attached hydrogen (secondary N) is 1. The molecule has 2 aliphatic heterocycles. The lowest BCUT2D eigenvalue weighted by atomic mass is 10.00. The second-order valence-electron chi connectivity index (χ2n) is 9.01. The molecular weight excluding hydrogens is 503 g/mol. The van der Waals surface area contributed by atoms with Gasteiger partial charge in [-0.15, -0.1) is 0 Å². The van der Waals surface area contributed by atoms with Gasteiger partial charge in [-0.2, -0.15) is 13.2 Å². The lowest BCUT2D eigenvalue weighted by molar-refractivity contribution is -0.141. The molecule has 1 aliphatic carbocycles. The molecule has 2 aromatic rings. The molecule has 3 aliphatic rings. The third-order valence-electron chi connectivity index (χ3n) is 6.30. The fraction of sp³-hybridized carbons (Fsp3) is 0.333. The van der Waals surface area contributed by atoms with Crippen LogP contribution in [0.2, 0.25) is 0 Å². The number of fused-ring (bicyclic) bond motifs is 1. The summed E-state index contributed by atoms with van der Waals surface area (Å²) in [4.78, 5) is 16.3. The van der Waals surface area contributed by atoms with E-state index < -0.39 is 11.9 Å². The SMILES string of the molecule is O=C(NCc1cccc(OCc2ccnc(C(F)(F)F)c2)c1)C1CCCN1SC1=CC2C=CC=CC2O1. The fourth-order valence-electron chi connectivity index (χ4n) is 4.42. The van der Waals surface area contributed by atoms with Crippen molar-refractivity contribution in [3.8, 4) is 5.75 Å². The maximum absolute atomic E-state index is 13.0. The highest BCUT2D eigenvalue weighted by Gasteiger charge is 2.35. The van der Waals surface area contributed by atoms with Gasteiger partial charge in [0.05, 0.1) is 6.04 Å². The molecule has 3 heterocycles. The van der Waals surface area contributed by atoms with E-state index in [1.807, 2.05) is 24.3 Å². The second kappa shape index (κ2) is 11.0. The van der Waals surface area contributed by atoms with Crippen molar-refractivity contribution in [1.29, 1.82) is 0 Å². The molecule has 37 heavy (non-hydrogen) atoms. The van der Waals surface area contributed by atoms with Crippen molar-refractivity contribution in [2.45, 2.75) is 44.3 Å². The number of hydrogen-bond donors (Lipinski definition) is 1. The van der Waals surface area contributed by atoms with Crippen LogP contribution in [0, 0.1) is 5.92 Å². The van der Waals surface area contributed by atoms with Crippen LogP contribution < -0.4 is 10.1 Å². The number of rotatable bonds is 8. The predicted octanol–water partition coefficient (Wildman–Crippen LogP) is 5.39. The molecule has 3 atom stereocenters. The zero-order chi connectivity index (χ0) is 25.8. The molecule has 1 fully saturated rings. The first kappa shape index (κ1) is 25.4. The monoisotopic (exact) mass is 529 g/mol. The minimum Gasteiger partial charge on any atom is -0.489 e. The number of benzene rings is 1. The quantitative estimate of drug-likeness (QED) is 0.463. The summed E-state index contributed by atoms with van der Waals surface area (Å²) in [5.41, 5.74) is 0.248. The number of carbonyl (C=O) groups is 1. The summed E-state index contributed by atoms with van der Waals surface area (Å²) in [6.45, 7) is 1.09. The molecule has 1 aromatic carbocycles. The fourth-order valence-corrected chi connectivity index (χ4v) is 5.57. The first-order chi connectivity index (χ1) is 17.8. The van der Waals surface area contributed by atoms with Gasteiger partial charge in [-0.1, -0.05) is 30.4 Å². The largest absolute Gasteiger partial charge is 0.489 e. The smallest absolute Gasteiger partial charge is 0.433 e. The van der Waals surface area contributed by atoms with E-state index in [1.54, 1.807) is 18.2 Å². The Morgan fingerprint density at radius 1 is 1.19 bits per heavy atom. The third kappa shape index (κ3) is 6.37.